The number of methoxy groups -OCH3 is 2. The molecule has 0 bridgehead atoms. The molecule has 118 valence electrons. The maximum Gasteiger partial charge on any atom is 0.137 e. The van der Waals surface area contributed by atoms with Crippen LogP contribution in [0.4, 0.5) is 0 Å². The third-order valence-electron chi connectivity index (χ3n) is 3.85. The number of pyridine rings is 1. The minimum absolute atomic E-state index is 0.709. The summed E-state index contributed by atoms with van der Waals surface area (Å²) in [5, 5.41) is 8.22. The lowest BCUT2D eigenvalue weighted by Crippen LogP contribution is -2.02. The van der Waals surface area contributed by atoms with E-state index >= 15 is 0 Å². The monoisotopic (exact) mass is 310 g/mol. The molecule has 0 saturated heterocycles. The van der Waals surface area contributed by atoms with E-state index in [9.17, 15) is 0 Å². The molecule has 2 aromatic heterocycles. The van der Waals surface area contributed by atoms with Crippen LogP contribution in [-0.2, 0) is 0 Å². The van der Waals surface area contributed by atoms with Crippen molar-refractivity contribution >= 4 is 0 Å². The highest BCUT2D eigenvalue weighted by Crippen LogP contribution is 2.28. The van der Waals surface area contributed by atoms with Crippen LogP contribution >= 0.6 is 0 Å². The van der Waals surface area contributed by atoms with Gasteiger partial charge in [0.1, 0.15) is 17.2 Å². The average molecular weight is 310 g/mol. The van der Waals surface area contributed by atoms with Gasteiger partial charge in [0, 0.05) is 6.07 Å². The van der Waals surface area contributed by atoms with Crippen LogP contribution in [0.15, 0.2) is 36.7 Å². The van der Waals surface area contributed by atoms with Crippen molar-refractivity contribution in [2.75, 3.05) is 14.2 Å². The van der Waals surface area contributed by atoms with Gasteiger partial charge >= 0.3 is 0 Å². The van der Waals surface area contributed by atoms with Crippen LogP contribution in [0, 0.1) is 13.8 Å². The summed E-state index contributed by atoms with van der Waals surface area (Å²) in [4.78, 5) is 4.40. The predicted octanol–water partition coefficient (Wildman–Crippen LogP) is 2.96. The molecule has 0 unspecified atom stereocenters. The number of nitrogens with zero attached hydrogens (tertiary/aromatic N) is 4. The van der Waals surface area contributed by atoms with Crippen LogP contribution in [-0.4, -0.2) is 34.2 Å². The van der Waals surface area contributed by atoms with Gasteiger partial charge in [-0.3, -0.25) is 4.98 Å². The molecule has 0 saturated carbocycles. The Hall–Kier alpha value is -2.89. The molecule has 0 aliphatic carbocycles. The molecule has 6 heteroatoms. The molecule has 2 heterocycles. The van der Waals surface area contributed by atoms with E-state index in [-0.39, 0.29) is 0 Å². The van der Waals surface area contributed by atoms with Crippen LogP contribution in [0.25, 0.3) is 17.1 Å². The van der Waals surface area contributed by atoms with Gasteiger partial charge in [0.15, 0.2) is 0 Å². The number of ether oxygens (including phenoxy) is 2. The van der Waals surface area contributed by atoms with Gasteiger partial charge in [-0.25, -0.2) is 4.68 Å². The Labute approximate surface area is 134 Å². The van der Waals surface area contributed by atoms with Gasteiger partial charge in [-0.2, -0.15) is 0 Å². The second-order valence-corrected chi connectivity index (χ2v) is 5.20. The minimum atomic E-state index is 0.709. The molecule has 0 spiro atoms. The summed E-state index contributed by atoms with van der Waals surface area (Å²) in [5.74, 6) is 1.53. The predicted molar refractivity (Wildman–Crippen MR) is 87.2 cm³/mol. The highest BCUT2D eigenvalue weighted by Gasteiger charge is 2.13. The van der Waals surface area contributed by atoms with Crippen molar-refractivity contribution in [1.82, 2.24) is 20.0 Å². The first-order valence-electron chi connectivity index (χ1n) is 7.20. The Kier molecular flexibility index (Phi) is 3.97. The van der Waals surface area contributed by atoms with E-state index in [1.165, 1.54) is 0 Å². The Morgan fingerprint density at radius 2 is 1.83 bits per heavy atom. The van der Waals surface area contributed by atoms with Gasteiger partial charge in [-0.15, -0.1) is 5.10 Å². The number of hydrogen-bond donors (Lipinski definition) is 0. The summed E-state index contributed by atoms with van der Waals surface area (Å²) in [6.07, 6.45) is 3.37. The minimum Gasteiger partial charge on any atom is -0.496 e. The fourth-order valence-electron chi connectivity index (χ4n) is 2.40. The van der Waals surface area contributed by atoms with Gasteiger partial charge in [0.25, 0.3) is 0 Å². The van der Waals surface area contributed by atoms with E-state index in [2.05, 4.69) is 21.4 Å². The topological polar surface area (TPSA) is 62.1 Å². The first kappa shape index (κ1) is 15.0. The third kappa shape index (κ3) is 2.75. The molecule has 3 rings (SSSR count). The molecule has 0 amide bonds. The number of hydrogen-bond acceptors (Lipinski definition) is 5. The van der Waals surface area contributed by atoms with Crippen molar-refractivity contribution in [2.24, 2.45) is 0 Å². The van der Waals surface area contributed by atoms with Crippen molar-refractivity contribution in [3.05, 3.63) is 47.8 Å². The van der Waals surface area contributed by atoms with Crippen LogP contribution in [0.3, 0.4) is 0 Å². The van der Waals surface area contributed by atoms with Crippen LogP contribution < -0.4 is 9.47 Å². The molecule has 0 atom stereocenters. The first-order valence-corrected chi connectivity index (χ1v) is 7.20. The van der Waals surface area contributed by atoms with Crippen molar-refractivity contribution < 1.29 is 9.47 Å². The quantitative estimate of drug-likeness (QED) is 0.741. The Morgan fingerprint density at radius 3 is 2.48 bits per heavy atom. The van der Waals surface area contributed by atoms with Gasteiger partial charge < -0.3 is 9.47 Å². The summed E-state index contributed by atoms with van der Waals surface area (Å²) < 4.78 is 12.3. The molecule has 0 radical (unpaired) electrons. The fourth-order valence-corrected chi connectivity index (χ4v) is 2.40. The van der Waals surface area contributed by atoms with Gasteiger partial charge in [0.2, 0.25) is 0 Å². The summed E-state index contributed by atoms with van der Waals surface area (Å²) in [7, 11) is 3.28. The molecular formula is C17H18N4O2. The van der Waals surface area contributed by atoms with E-state index < -0.39 is 0 Å². The molecule has 0 aliphatic heterocycles. The van der Waals surface area contributed by atoms with Gasteiger partial charge in [-0.1, -0.05) is 5.21 Å². The molecule has 23 heavy (non-hydrogen) atoms. The second kappa shape index (κ2) is 6.08. The lowest BCUT2D eigenvalue weighted by Gasteiger charge is -2.12. The Bertz CT molecular complexity index is 825. The molecule has 0 aliphatic rings. The van der Waals surface area contributed by atoms with E-state index in [0.29, 0.717) is 5.75 Å². The average Bonchev–Trinajstić information content (AvgIpc) is 3.07. The van der Waals surface area contributed by atoms with E-state index in [0.717, 1.165) is 34.0 Å². The highest BCUT2D eigenvalue weighted by molar-refractivity contribution is 5.59. The summed E-state index contributed by atoms with van der Waals surface area (Å²) in [6, 6.07) is 7.75. The Balaban J connectivity index is 2.09. The van der Waals surface area contributed by atoms with Crippen molar-refractivity contribution in [1.29, 1.82) is 0 Å². The number of aromatic nitrogens is 4. The van der Waals surface area contributed by atoms with Crippen LogP contribution in [0.1, 0.15) is 11.1 Å². The van der Waals surface area contributed by atoms with Crippen LogP contribution in [0.5, 0.6) is 11.5 Å². The lowest BCUT2D eigenvalue weighted by atomic mass is 10.1. The fraction of sp³-hybridized carbons (Fsp3) is 0.235. The second-order valence-electron chi connectivity index (χ2n) is 5.20. The maximum absolute atomic E-state index is 5.45. The van der Waals surface area contributed by atoms with Crippen molar-refractivity contribution in [2.45, 2.75) is 13.8 Å². The van der Waals surface area contributed by atoms with E-state index in [1.54, 1.807) is 31.3 Å². The van der Waals surface area contributed by atoms with Gasteiger partial charge in [0.05, 0.1) is 38.0 Å². The van der Waals surface area contributed by atoms with E-state index in [1.807, 2.05) is 32.0 Å². The first-order chi connectivity index (χ1) is 11.1. The van der Waals surface area contributed by atoms with E-state index in [4.69, 9.17) is 9.47 Å². The third-order valence-corrected chi connectivity index (χ3v) is 3.85. The zero-order valence-corrected chi connectivity index (χ0v) is 13.6. The molecule has 6 nitrogen and oxygen atoms in total. The number of rotatable bonds is 4. The van der Waals surface area contributed by atoms with Crippen molar-refractivity contribution in [3.8, 4) is 28.6 Å². The highest BCUT2D eigenvalue weighted by atomic mass is 16.5. The zero-order valence-electron chi connectivity index (χ0n) is 13.6. The smallest absolute Gasteiger partial charge is 0.137 e. The van der Waals surface area contributed by atoms with Crippen LogP contribution in [0.2, 0.25) is 0 Å². The molecule has 0 fully saturated rings. The Morgan fingerprint density at radius 1 is 1.00 bits per heavy atom. The normalized spacial score (nSPS) is 10.6. The largest absolute Gasteiger partial charge is 0.496 e. The molecular weight excluding hydrogens is 292 g/mol. The maximum atomic E-state index is 5.45. The summed E-state index contributed by atoms with van der Waals surface area (Å²) >= 11 is 0. The number of benzene rings is 1. The lowest BCUT2D eigenvalue weighted by molar-refractivity contribution is 0.411. The summed E-state index contributed by atoms with van der Waals surface area (Å²) in [5.41, 5.74) is 4.70. The van der Waals surface area contributed by atoms with Crippen molar-refractivity contribution in [3.63, 3.8) is 0 Å². The summed E-state index contributed by atoms with van der Waals surface area (Å²) in [6.45, 7) is 4.08. The SMILES string of the molecule is COc1ccc(-c2cnnn2-c2cc(C)c(C)c(OC)c2)nc1. The standard InChI is InChI=1S/C17H18N4O2/c1-11-7-13(8-17(23-4)12(11)2)21-16(10-19-20-21)15-6-5-14(22-3)9-18-15/h5-10H,1-4H3. The molecule has 0 N–H and O–H groups in total. The molecule has 3 aromatic rings. The van der Waals surface area contributed by atoms with Gasteiger partial charge in [-0.05, 0) is 43.2 Å². The zero-order chi connectivity index (χ0) is 16.4. The number of aryl methyl sites for hydroxylation is 1. The molecule has 1 aromatic carbocycles.